The minimum absolute atomic E-state index is 0.447. The van der Waals surface area contributed by atoms with Crippen molar-refractivity contribution in [1.29, 1.82) is 5.26 Å². The van der Waals surface area contributed by atoms with E-state index in [2.05, 4.69) is 0 Å². The molecule has 1 heterocycles. The fourth-order valence-corrected chi connectivity index (χ4v) is 1.50. The predicted molar refractivity (Wildman–Crippen MR) is 55.1 cm³/mol. The molecule has 1 aliphatic heterocycles. The number of benzene rings is 1. The van der Waals surface area contributed by atoms with E-state index in [4.69, 9.17) is 10.00 Å². The third kappa shape index (κ3) is 1.95. The molecule has 0 saturated carbocycles. The van der Waals surface area contributed by atoms with Crippen LogP contribution >= 0.6 is 0 Å². The maximum absolute atomic E-state index is 10.8. The SMILES string of the molecule is N#Cc1ccc([C@H](O)[C@H]2C=CC(=O)O2)cc1. The average Bonchev–Trinajstić information content (AvgIpc) is 2.75. The molecule has 4 nitrogen and oxygen atoms in total. The van der Waals surface area contributed by atoms with Crippen LogP contribution in [0, 0.1) is 11.3 Å². The first kappa shape index (κ1) is 10.4. The number of rotatable bonds is 2. The highest BCUT2D eigenvalue weighted by atomic mass is 16.6. The number of carbonyl (C=O) groups is 1. The van der Waals surface area contributed by atoms with Crippen molar-refractivity contribution in [2.45, 2.75) is 12.2 Å². The molecule has 80 valence electrons. The largest absolute Gasteiger partial charge is 0.452 e. The molecule has 0 unspecified atom stereocenters. The summed E-state index contributed by atoms with van der Waals surface area (Å²) in [4.78, 5) is 10.8. The highest BCUT2D eigenvalue weighted by Gasteiger charge is 2.25. The number of cyclic esters (lactones) is 1. The Morgan fingerprint density at radius 2 is 2.06 bits per heavy atom. The lowest BCUT2D eigenvalue weighted by Gasteiger charge is -2.16. The van der Waals surface area contributed by atoms with Crippen molar-refractivity contribution in [1.82, 2.24) is 0 Å². The second-order valence-electron chi connectivity index (χ2n) is 3.44. The average molecular weight is 215 g/mol. The first-order valence-electron chi connectivity index (χ1n) is 4.77. The van der Waals surface area contributed by atoms with Gasteiger partial charge in [0.05, 0.1) is 11.6 Å². The van der Waals surface area contributed by atoms with Gasteiger partial charge in [-0.05, 0) is 23.8 Å². The second-order valence-corrected chi connectivity index (χ2v) is 3.44. The zero-order chi connectivity index (χ0) is 11.5. The highest BCUT2D eigenvalue weighted by Crippen LogP contribution is 2.23. The van der Waals surface area contributed by atoms with Crippen LogP contribution in [0.1, 0.15) is 17.2 Å². The van der Waals surface area contributed by atoms with Crippen LogP contribution in [0.4, 0.5) is 0 Å². The molecule has 2 rings (SSSR count). The van der Waals surface area contributed by atoms with E-state index in [0.717, 1.165) is 0 Å². The molecule has 1 aliphatic rings. The van der Waals surface area contributed by atoms with Crippen LogP contribution < -0.4 is 0 Å². The summed E-state index contributed by atoms with van der Waals surface area (Å²) in [6.07, 6.45) is 1.28. The summed E-state index contributed by atoms with van der Waals surface area (Å²) in [5, 5.41) is 18.5. The first-order valence-corrected chi connectivity index (χ1v) is 4.77. The van der Waals surface area contributed by atoms with E-state index in [9.17, 15) is 9.90 Å². The molecule has 0 saturated heterocycles. The van der Waals surface area contributed by atoms with Gasteiger partial charge in [0.1, 0.15) is 6.10 Å². The monoisotopic (exact) mass is 215 g/mol. The van der Waals surface area contributed by atoms with Crippen molar-refractivity contribution in [3.8, 4) is 6.07 Å². The summed E-state index contributed by atoms with van der Waals surface area (Å²) in [5.41, 5.74) is 1.14. The van der Waals surface area contributed by atoms with Gasteiger partial charge in [-0.15, -0.1) is 0 Å². The van der Waals surface area contributed by atoms with Gasteiger partial charge in [0.25, 0.3) is 0 Å². The van der Waals surface area contributed by atoms with Crippen LogP contribution in [0.3, 0.4) is 0 Å². The molecule has 0 aromatic heterocycles. The van der Waals surface area contributed by atoms with E-state index in [0.29, 0.717) is 11.1 Å². The number of hydrogen-bond acceptors (Lipinski definition) is 4. The predicted octanol–water partition coefficient (Wildman–Crippen LogP) is 1.07. The fourth-order valence-electron chi connectivity index (χ4n) is 1.50. The van der Waals surface area contributed by atoms with E-state index >= 15 is 0 Å². The highest BCUT2D eigenvalue weighted by molar-refractivity contribution is 5.84. The van der Waals surface area contributed by atoms with Gasteiger partial charge < -0.3 is 9.84 Å². The Balaban J connectivity index is 2.15. The molecule has 2 atom stereocenters. The van der Waals surface area contributed by atoms with E-state index in [-0.39, 0.29) is 0 Å². The third-order valence-electron chi connectivity index (χ3n) is 2.37. The number of nitriles is 1. The molecule has 0 fully saturated rings. The van der Waals surface area contributed by atoms with Gasteiger partial charge in [0, 0.05) is 6.08 Å². The van der Waals surface area contributed by atoms with Crippen LogP contribution in [-0.4, -0.2) is 17.2 Å². The Morgan fingerprint density at radius 1 is 1.38 bits per heavy atom. The van der Waals surface area contributed by atoms with Crippen LogP contribution in [0.25, 0.3) is 0 Å². The molecular formula is C12H9NO3. The number of aliphatic hydroxyl groups excluding tert-OH is 1. The van der Waals surface area contributed by atoms with Gasteiger partial charge in [-0.1, -0.05) is 12.1 Å². The molecule has 0 spiro atoms. The minimum atomic E-state index is -0.893. The smallest absolute Gasteiger partial charge is 0.331 e. The Morgan fingerprint density at radius 3 is 2.56 bits per heavy atom. The van der Waals surface area contributed by atoms with Crippen LogP contribution in [-0.2, 0) is 9.53 Å². The topological polar surface area (TPSA) is 70.3 Å². The van der Waals surface area contributed by atoms with E-state index in [1.54, 1.807) is 24.3 Å². The van der Waals surface area contributed by atoms with Gasteiger partial charge in [-0.2, -0.15) is 5.26 Å². The maximum atomic E-state index is 10.8. The summed E-state index contributed by atoms with van der Waals surface area (Å²) < 4.78 is 4.87. The van der Waals surface area contributed by atoms with Crippen molar-refractivity contribution < 1.29 is 14.6 Å². The van der Waals surface area contributed by atoms with Crippen molar-refractivity contribution in [3.63, 3.8) is 0 Å². The quantitative estimate of drug-likeness (QED) is 0.749. The Hall–Kier alpha value is -2.12. The lowest BCUT2D eigenvalue weighted by molar-refractivity contribution is -0.142. The number of aliphatic hydroxyl groups is 1. The Kier molecular flexibility index (Phi) is 2.71. The van der Waals surface area contributed by atoms with Crippen LogP contribution in [0.5, 0.6) is 0 Å². The van der Waals surface area contributed by atoms with E-state index in [1.807, 2.05) is 6.07 Å². The van der Waals surface area contributed by atoms with Crippen molar-refractivity contribution in [2.24, 2.45) is 0 Å². The number of nitrogens with zero attached hydrogens (tertiary/aromatic N) is 1. The lowest BCUT2D eigenvalue weighted by atomic mass is 10.0. The molecule has 1 aromatic carbocycles. The summed E-state index contributed by atoms with van der Waals surface area (Å²) in [6.45, 7) is 0. The molecule has 0 amide bonds. The molecular weight excluding hydrogens is 206 g/mol. The molecule has 4 heteroatoms. The summed E-state index contributed by atoms with van der Waals surface area (Å²) in [6, 6.07) is 8.49. The number of ether oxygens (including phenoxy) is 1. The molecule has 0 radical (unpaired) electrons. The molecule has 1 N–H and O–H groups in total. The number of esters is 1. The van der Waals surface area contributed by atoms with Gasteiger partial charge in [-0.3, -0.25) is 0 Å². The molecule has 0 aliphatic carbocycles. The summed E-state index contributed by atoms with van der Waals surface area (Å²) in [5.74, 6) is -0.447. The Labute approximate surface area is 92.4 Å². The molecule has 0 bridgehead atoms. The van der Waals surface area contributed by atoms with Gasteiger partial charge >= 0.3 is 5.97 Å². The zero-order valence-corrected chi connectivity index (χ0v) is 8.33. The summed E-state index contributed by atoms with van der Waals surface area (Å²) in [7, 11) is 0. The molecule has 1 aromatic rings. The standard InChI is InChI=1S/C12H9NO3/c13-7-8-1-3-9(4-2-8)12(15)10-5-6-11(14)16-10/h1-6,10,12,15H/t10-,12+/m1/s1. The van der Waals surface area contributed by atoms with Crippen molar-refractivity contribution in [3.05, 3.63) is 47.5 Å². The normalized spacial score (nSPS) is 20.2. The Bertz CT molecular complexity index is 470. The van der Waals surface area contributed by atoms with Crippen LogP contribution in [0.15, 0.2) is 36.4 Å². The van der Waals surface area contributed by atoms with Gasteiger partial charge in [0.2, 0.25) is 0 Å². The van der Waals surface area contributed by atoms with E-state index in [1.165, 1.54) is 12.2 Å². The summed E-state index contributed by atoms with van der Waals surface area (Å²) >= 11 is 0. The van der Waals surface area contributed by atoms with E-state index < -0.39 is 18.2 Å². The number of hydrogen-bond donors (Lipinski definition) is 1. The third-order valence-corrected chi connectivity index (χ3v) is 2.37. The number of carbonyl (C=O) groups excluding carboxylic acids is 1. The lowest BCUT2D eigenvalue weighted by Crippen LogP contribution is -2.18. The zero-order valence-electron chi connectivity index (χ0n) is 8.33. The van der Waals surface area contributed by atoms with Gasteiger partial charge in [0.15, 0.2) is 6.10 Å². The van der Waals surface area contributed by atoms with Crippen molar-refractivity contribution in [2.75, 3.05) is 0 Å². The first-order chi connectivity index (χ1) is 7.70. The fraction of sp³-hybridized carbons (Fsp3) is 0.167. The molecule has 16 heavy (non-hydrogen) atoms. The van der Waals surface area contributed by atoms with Crippen molar-refractivity contribution >= 4 is 5.97 Å². The maximum Gasteiger partial charge on any atom is 0.331 e. The second kappa shape index (κ2) is 4.17. The van der Waals surface area contributed by atoms with Crippen LogP contribution in [0.2, 0.25) is 0 Å². The minimum Gasteiger partial charge on any atom is -0.452 e. The van der Waals surface area contributed by atoms with Gasteiger partial charge in [-0.25, -0.2) is 4.79 Å².